The second kappa shape index (κ2) is 5.65. The molecule has 0 aliphatic rings. The van der Waals surface area contributed by atoms with Crippen LogP contribution in [0.25, 0.3) is 0 Å². The van der Waals surface area contributed by atoms with E-state index >= 15 is 0 Å². The third-order valence-electron chi connectivity index (χ3n) is 1.10. The van der Waals surface area contributed by atoms with Crippen LogP contribution in [0.4, 0.5) is 0 Å². The van der Waals surface area contributed by atoms with Gasteiger partial charge in [0.1, 0.15) is 5.78 Å². The third-order valence-corrected chi connectivity index (χ3v) is 1.10. The summed E-state index contributed by atoms with van der Waals surface area (Å²) in [5.74, 6) is -0.714. The second-order valence-electron chi connectivity index (χ2n) is 2.31. The summed E-state index contributed by atoms with van der Waals surface area (Å²) in [6.45, 7) is 1.50. The fourth-order valence-electron chi connectivity index (χ4n) is 0.574. The van der Waals surface area contributed by atoms with E-state index in [2.05, 4.69) is 0 Å². The summed E-state index contributed by atoms with van der Waals surface area (Å²) in [5, 5.41) is 8.22. The van der Waals surface area contributed by atoms with Crippen molar-refractivity contribution in [1.82, 2.24) is 0 Å². The van der Waals surface area contributed by atoms with E-state index in [9.17, 15) is 9.59 Å². The van der Waals surface area contributed by atoms with E-state index in [4.69, 9.17) is 5.11 Å². The Bertz CT molecular complexity index is 170. The molecular weight excluding hydrogens is 144 g/mol. The van der Waals surface area contributed by atoms with Crippen LogP contribution in [-0.2, 0) is 9.59 Å². The molecule has 0 atom stereocenters. The molecule has 3 heteroatoms. The molecule has 0 unspecified atom stereocenters. The lowest BCUT2D eigenvalue weighted by Crippen LogP contribution is -1.91. The highest BCUT2D eigenvalue weighted by Gasteiger charge is 1.91. The maximum atomic E-state index is 10.4. The van der Waals surface area contributed by atoms with Crippen molar-refractivity contribution in [3.8, 4) is 0 Å². The maximum Gasteiger partial charge on any atom is 0.303 e. The molecule has 0 rings (SSSR count). The molecule has 0 aromatic rings. The van der Waals surface area contributed by atoms with Crippen LogP contribution in [0.2, 0.25) is 0 Å². The second-order valence-corrected chi connectivity index (χ2v) is 2.31. The van der Waals surface area contributed by atoms with Crippen molar-refractivity contribution in [1.29, 1.82) is 0 Å². The third kappa shape index (κ3) is 8.88. The van der Waals surface area contributed by atoms with Crippen LogP contribution in [-0.4, -0.2) is 16.9 Å². The molecule has 0 aromatic heterocycles. The van der Waals surface area contributed by atoms with Gasteiger partial charge in [-0.05, 0) is 13.3 Å². The number of Topliss-reactive ketones (excluding diaryl/α,β-unsaturated/α-hetero) is 1. The quantitative estimate of drug-likeness (QED) is 0.612. The average Bonchev–Trinajstić information content (AvgIpc) is 1.85. The summed E-state index contributed by atoms with van der Waals surface area (Å²) in [4.78, 5) is 20.4. The Morgan fingerprint density at radius 3 is 2.45 bits per heavy atom. The predicted octanol–water partition coefficient (Wildman–Crippen LogP) is 1.39. The number of hydrogen-bond donors (Lipinski definition) is 1. The molecule has 0 spiro atoms. The minimum absolute atomic E-state index is 0.0941. The molecule has 0 saturated heterocycles. The van der Waals surface area contributed by atoms with E-state index in [0.29, 0.717) is 12.8 Å². The molecule has 1 N–H and O–H groups in total. The Labute approximate surface area is 65.7 Å². The number of hydrogen-bond acceptors (Lipinski definition) is 2. The SMILES string of the molecule is CC(=O)C/C=C/CCC(=O)O. The van der Waals surface area contributed by atoms with Crippen LogP contribution in [0.15, 0.2) is 12.2 Å². The zero-order valence-corrected chi connectivity index (χ0v) is 6.54. The van der Waals surface area contributed by atoms with Gasteiger partial charge in [-0.2, -0.15) is 0 Å². The van der Waals surface area contributed by atoms with Gasteiger partial charge in [-0.1, -0.05) is 12.2 Å². The molecule has 0 bridgehead atoms. The molecule has 0 fully saturated rings. The summed E-state index contributed by atoms with van der Waals surface area (Å²) in [6.07, 6.45) is 4.46. The van der Waals surface area contributed by atoms with Crippen LogP contribution in [0.3, 0.4) is 0 Å². The summed E-state index contributed by atoms with van der Waals surface area (Å²) in [6, 6.07) is 0. The van der Waals surface area contributed by atoms with Crippen LogP contribution >= 0.6 is 0 Å². The van der Waals surface area contributed by atoms with Crippen LogP contribution in [0, 0.1) is 0 Å². The Kier molecular flexibility index (Phi) is 5.07. The van der Waals surface area contributed by atoms with Crippen molar-refractivity contribution in [3.63, 3.8) is 0 Å². The molecule has 0 saturated carbocycles. The Hall–Kier alpha value is -1.12. The lowest BCUT2D eigenvalue weighted by atomic mass is 10.2. The number of carboxylic acids is 1. The van der Waals surface area contributed by atoms with E-state index < -0.39 is 5.97 Å². The first-order chi connectivity index (χ1) is 5.13. The van der Waals surface area contributed by atoms with Gasteiger partial charge in [-0.25, -0.2) is 0 Å². The molecule has 0 heterocycles. The molecule has 0 aliphatic heterocycles. The Balaban J connectivity index is 3.30. The fraction of sp³-hybridized carbons (Fsp3) is 0.500. The average molecular weight is 156 g/mol. The highest BCUT2D eigenvalue weighted by molar-refractivity contribution is 5.76. The molecular formula is C8H12O3. The first-order valence-electron chi connectivity index (χ1n) is 3.49. The number of carboxylic acid groups (broad SMARTS) is 1. The van der Waals surface area contributed by atoms with Crippen LogP contribution in [0.5, 0.6) is 0 Å². The lowest BCUT2D eigenvalue weighted by molar-refractivity contribution is -0.136. The normalized spacial score (nSPS) is 10.3. The van der Waals surface area contributed by atoms with Crippen molar-refractivity contribution in [2.24, 2.45) is 0 Å². The number of rotatable bonds is 5. The van der Waals surface area contributed by atoms with E-state index in [1.165, 1.54) is 6.92 Å². The van der Waals surface area contributed by atoms with E-state index in [0.717, 1.165) is 0 Å². The number of ketones is 1. The first-order valence-corrected chi connectivity index (χ1v) is 3.49. The lowest BCUT2D eigenvalue weighted by Gasteiger charge is -1.86. The van der Waals surface area contributed by atoms with Gasteiger partial charge in [0.2, 0.25) is 0 Å². The van der Waals surface area contributed by atoms with Crippen molar-refractivity contribution >= 4 is 11.8 Å². The number of allylic oxidation sites excluding steroid dienone is 2. The van der Waals surface area contributed by atoms with Gasteiger partial charge in [0.05, 0.1) is 0 Å². The number of aliphatic carboxylic acids is 1. The molecule has 0 radical (unpaired) electrons. The summed E-state index contributed by atoms with van der Waals surface area (Å²) in [7, 11) is 0. The first kappa shape index (κ1) is 9.88. The largest absolute Gasteiger partial charge is 0.481 e. The molecule has 3 nitrogen and oxygen atoms in total. The topological polar surface area (TPSA) is 54.4 Å². The minimum atomic E-state index is -0.808. The van der Waals surface area contributed by atoms with Gasteiger partial charge >= 0.3 is 5.97 Å². The highest BCUT2D eigenvalue weighted by Crippen LogP contribution is 1.92. The Morgan fingerprint density at radius 2 is 2.00 bits per heavy atom. The zero-order chi connectivity index (χ0) is 8.69. The summed E-state index contributed by atoms with van der Waals surface area (Å²) >= 11 is 0. The van der Waals surface area contributed by atoms with Gasteiger partial charge in [0, 0.05) is 12.8 Å². The Morgan fingerprint density at radius 1 is 1.36 bits per heavy atom. The van der Waals surface area contributed by atoms with Crippen LogP contribution < -0.4 is 0 Å². The highest BCUT2D eigenvalue weighted by atomic mass is 16.4. The predicted molar refractivity (Wildman–Crippen MR) is 41.3 cm³/mol. The molecule has 62 valence electrons. The van der Waals surface area contributed by atoms with E-state index in [1.54, 1.807) is 12.2 Å². The molecule has 0 aliphatic carbocycles. The van der Waals surface area contributed by atoms with Crippen molar-refractivity contribution < 1.29 is 14.7 Å². The van der Waals surface area contributed by atoms with Crippen molar-refractivity contribution in [3.05, 3.63) is 12.2 Å². The molecule has 0 amide bonds. The fourth-order valence-corrected chi connectivity index (χ4v) is 0.574. The maximum absolute atomic E-state index is 10.4. The molecule has 11 heavy (non-hydrogen) atoms. The smallest absolute Gasteiger partial charge is 0.303 e. The monoisotopic (exact) mass is 156 g/mol. The summed E-state index contributed by atoms with van der Waals surface area (Å²) < 4.78 is 0. The van der Waals surface area contributed by atoms with Crippen molar-refractivity contribution in [2.75, 3.05) is 0 Å². The minimum Gasteiger partial charge on any atom is -0.481 e. The van der Waals surface area contributed by atoms with Crippen LogP contribution in [0.1, 0.15) is 26.2 Å². The van der Waals surface area contributed by atoms with Gasteiger partial charge < -0.3 is 5.11 Å². The number of carbonyl (C=O) groups excluding carboxylic acids is 1. The number of carbonyl (C=O) groups is 2. The summed E-state index contributed by atoms with van der Waals surface area (Å²) in [5.41, 5.74) is 0. The van der Waals surface area contributed by atoms with Gasteiger partial charge in [0.25, 0.3) is 0 Å². The van der Waals surface area contributed by atoms with E-state index in [-0.39, 0.29) is 12.2 Å². The van der Waals surface area contributed by atoms with Gasteiger partial charge in [-0.15, -0.1) is 0 Å². The zero-order valence-electron chi connectivity index (χ0n) is 6.54. The van der Waals surface area contributed by atoms with Crippen molar-refractivity contribution in [2.45, 2.75) is 26.2 Å². The standard InChI is InChI=1S/C8H12O3/c1-7(9)5-3-2-4-6-8(10)11/h2-3H,4-6H2,1H3,(H,10,11)/b3-2+. The van der Waals surface area contributed by atoms with E-state index in [1.807, 2.05) is 0 Å². The van der Waals surface area contributed by atoms with Gasteiger partial charge in [-0.3, -0.25) is 9.59 Å². The van der Waals surface area contributed by atoms with Gasteiger partial charge in [0.15, 0.2) is 0 Å². The molecule has 0 aromatic carbocycles.